The van der Waals surface area contributed by atoms with Crippen LogP contribution in [0.4, 0.5) is 0 Å². The lowest BCUT2D eigenvalue weighted by Crippen LogP contribution is -1.89. The Kier molecular flexibility index (Phi) is 3.43. The molecule has 1 heterocycles. The van der Waals surface area contributed by atoms with Gasteiger partial charge in [0, 0.05) is 10.7 Å². The molecule has 12 heavy (non-hydrogen) atoms. The molecule has 0 amide bonds. The summed E-state index contributed by atoms with van der Waals surface area (Å²) in [6.07, 6.45) is 1.65. The maximum absolute atomic E-state index is 5.83. The molecule has 0 atom stereocenters. The van der Waals surface area contributed by atoms with Gasteiger partial charge >= 0.3 is 0 Å². The minimum Gasteiger partial charge on any atom is -0.305 e. The molecule has 6 heteroatoms. The summed E-state index contributed by atoms with van der Waals surface area (Å²) in [5.74, 6) is 4.83. The third-order valence-corrected chi connectivity index (χ3v) is 1.95. The van der Waals surface area contributed by atoms with Crippen molar-refractivity contribution in [3.05, 3.63) is 27.5 Å². The molecule has 0 saturated carbocycles. The number of aromatic nitrogens is 1. The smallest absolute Gasteiger partial charge is 0.106 e. The average Bonchev–Trinajstić information content (AvgIpc) is 2.03. The Morgan fingerprint density at radius 2 is 2.42 bits per heavy atom. The molecule has 1 aromatic rings. The molecular formula is C6H6BrClN4. The molecule has 0 fully saturated rings. The van der Waals surface area contributed by atoms with Gasteiger partial charge in [0.2, 0.25) is 0 Å². The van der Waals surface area contributed by atoms with Gasteiger partial charge in [-0.15, -0.1) is 0 Å². The second-order valence-electron chi connectivity index (χ2n) is 2.00. The number of pyridine rings is 1. The van der Waals surface area contributed by atoms with Crippen molar-refractivity contribution in [3.8, 4) is 0 Å². The van der Waals surface area contributed by atoms with Gasteiger partial charge in [0.25, 0.3) is 0 Å². The summed E-state index contributed by atoms with van der Waals surface area (Å²) in [4.78, 5) is 4.03. The van der Waals surface area contributed by atoms with E-state index in [1.807, 2.05) is 0 Å². The normalized spacial score (nSPS) is 10.8. The van der Waals surface area contributed by atoms with Gasteiger partial charge in [-0.1, -0.05) is 16.8 Å². The van der Waals surface area contributed by atoms with Crippen LogP contribution in [0.2, 0.25) is 5.02 Å². The first kappa shape index (κ1) is 9.41. The van der Waals surface area contributed by atoms with E-state index in [1.54, 1.807) is 12.3 Å². The SMILES string of the molecule is NN=NCc1ncc(Br)cc1Cl. The molecule has 0 saturated heterocycles. The molecule has 4 nitrogen and oxygen atoms in total. The number of rotatable bonds is 2. The summed E-state index contributed by atoms with van der Waals surface area (Å²) in [5, 5.41) is 7.23. The molecule has 0 unspecified atom stereocenters. The highest BCUT2D eigenvalue weighted by Gasteiger charge is 2.00. The Morgan fingerprint density at radius 1 is 1.67 bits per heavy atom. The van der Waals surface area contributed by atoms with Crippen LogP contribution in [0.5, 0.6) is 0 Å². The van der Waals surface area contributed by atoms with Crippen LogP contribution in [0, 0.1) is 0 Å². The quantitative estimate of drug-likeness (QED) is 0.497. The molecule has 0 spiro atoms. The lowest BCUT2D eigenvalue weighted by molar-refractivity contribution is 0.864. The van der Waals surface area contributed by atoms with E-state index in [0.717, 1.165) is 4.47 Å². The topological polar surface area (TPSA) is 63.6 Å². The number of hydrogen-bond acceptors (Lipinski definition) is 3. The molecule has 2 N–H and O–H groups in total. The fourth-order valence-electron chi connectivity index (χ4n) is 0.667. The number of nitrogens with two attached hydrogens (primary N) is 1. The predicted octanol–water partition coefficient (Wildman–Crippen LogP) is 2.32. The molecule has 64 valence electrons. The molecule has 0 aromatic carbocycles. The number of nitrogens with zero attached hydrogens (tertiary/aromatic N) is 3. The minimum atomic E-state index is 0.308. The molecule has 0 aliphatic heterocycles. The first-order chi connectivity index (χ1) is 5.74. The van der Waals surface area contributed by atoms with E-state index in [4.69, 9.17) is 17.4 Å². The number of halogens is 2. The molecule has 0 aliphatic rings. The van der Waals surface area contributed by atoms with Crippen LogP contribution in [0.25, 0.3) is 0 Å². The highest BCUT2D eigenvalue weighted by atomic mass is 79.9. The van der Waals surface area contributed by atoms with Gasteiger partial charge in [0.05, 0.1) is 10.7 Å². The zero-order valence-electron chi connectivity index (χ0n) is 6.04. The molecular weight excluding hydrogens is 243 g/mol. The van der Waals surface area contributed by atoms with E-state index in [2.05, 4.69) is 31.3 Å². The Balaban J connectivity index is 2.86. The van der Waals surface area contributed by atoms with Crippen molar-refractivity contribution < 1.29 is 0 Å². The van der Waals surface area contributed by atoms with Crippen LogP contribution in [-0.4, -0.2) is 4.98 Å². The summed E-state index contributed by atoms with van der Waals surface area (Å²) in [7, 11) is 0. The lowest BCUT2D eigenvalue weighted by Gasteiger charge is -1.98. The highest BCUT2D eigenvalue weighted by molar-refractivity contribution is 9.10. The first-order valence-corrected chi connectivity index (χ1v) is 4.27. The van der Waals surface area contributed by atoms with Gasteiger partial charge in [0.1, 0.15) is 6.54 Å². The summed E-state index contributed by atoms with van der Waals surface area (Å²) in [6.45, 7) is 0.308. The van der Waals surface area contributed by atoms with E-state index in [-0.39, 0.29) is 0 Å². The maximum atomic E-state index is 5.83. The van der Waals surface area contributed by atoms with Crippen molar-refractivity contribution >= 4 is 27.5 Å². The van der Waals surface area contributed by atoms with Gasteiger partial charge in [0.15, 0.2) is 0 Å². The van der Waals surface area contributed by atoms with Gasteiger partial charge in [-0.2, -0.15) is 5.11 Å². The average molecular weight is 249 g/mol. The number of hydrogen-bond donors (Lipinski definition) is 1. The summed E-state index contributed by atoms with van der Waals surface area (Å²) in [5.41, 5.74) is 0.661. The van der Waals surface area contributed by atoms with Crippen molar-refractivity contribution in [2.75, 3.05) is 0 Å². The van der Waals surface area contributed by atoms with Crippen molar-refractivity contribution in [3.63, 3.8) is 0 Å². The molecule has 0 radical (unpaired) electrons. The maximum Gasteiger partial charge on any atom is 0.106 e. The monoisotopic (exact) mass is 248 g/mol. The van der Waals surface area contributed by atoms with Crippen molar-refractivity contribution in [2.45, 2.75) is 6.54 Å². The lowest BCUT2D eigenvalue weighted by atomic mass is 10.3. The highest BCUT2D eigenvalue weighted by Crippen LogP contribution is 2.19. The van der Waals surface area contributed by atoms with E-state index < -0.39 is 0 Å². The fraction of sp³-hybridized carbons (Fsp3) is 0.167. The summed E-state index contributed by atoms with van der Waals surface area (Å²) in [6, 6.07) is 1.75. The van der Waals surface area contributed by atoms with Crippen LogP contribution in [0.15, 0.2) is 27.1 Å². The third kappa shape index (κ3) is 2.42. The van der Waals surface area contributed by atoms with Crippen LogP contribution >= 0.6 is 27.5 Å². The Labute approximate surface area is 82.9 Å². The fourth-order valence-corrected chi connectivity index (χ4v) is 1.36. The van der Waals surface area contributed by atoms with Crippen LogP contribution in [0.1, 0.15) is 5.69 Å². The van der Waals surface area contributed by atoms with Gasteiger partial charge < -0.3 is 5.84 Å². The third-order valence-electron chi connectivity index (χ3n) is 1.19. The van der Waals surface area contributed by atoms with E-state index >= 15 is 0 Å². The molecule has 1 rings (SSSR count). The Hall–Kier alpha value is -0.680. The standard InChI is InChI=1S/C6H6BrClN4/c7-4-1-5(8)6(10-2-4)3-11-12-9/h1-2H,3H2,(H2,9,11). The second kappa shape index (κ2) is 4.37. The Morgan fingerprint density at radius 3 is 3.00 bits per heavy atom. The van der Waals surface area contributed by atoms with Crippen LogP contribution in [-0.2, 0) is 6.54 Å². The zero-order valence-corrected chi connectivity index (χ0v) is 8.38. The van der Waals surface area contributed by atoms with Crippen LogP contribution in [0.3, 0.4) is 0 Å². The van der Waals surface area contributed by atoms with E-state index in [9.17, 15) is 0 Å². The van der Waals surface area contributed by atoms with Crippen molar-refractivity contribution in [1.82, 2.24) is 4.98 Å². The summed E-state index contributed by atoms with van der Waals surface area (Å²) < 4.78 is 0.834. The predicted molar refractivity (Wildman–Crippen MR) is 49.7 cm³/mol. The summed E-state index contributed by atoms with van der Waals surface area (Å²) >= 11 is 9.07. The van der Waals surface area contributed by atoms with Crippen LogP contribution < -0.4 is 5.84 Å². The minimum absolute atomic E-state index is 0.308. The largest absolute Gasteiger partial charge is 0.305 e. The van der Waals surface area contributed by atoms with E-state index in [0.29, 0.717) is 17.3 Å². The van der Waals surface area contributed by atoms with Gasteiger partial charge in [-0.25, -0.2) is 0 Å². The second-order valence-corrected chi connectivity index (χ2v) is 3.32. The van der Waals surface area contributed by atoms with E-state index in [1.165, 1.54) is 0 Å². The van der Waals surface area contributed by atoms with Crippen molar-refractivity contribution in [1.29, 1.82) is 0 Å². The molecule has 0 bridgehead atoms. The van der Waals surface area contributed by atoms with Gasteiger partial charge in [-0.3, -0.25) is 4.98 Å². The molecule has 0 aliphatic carbocycles. The Bertz CT molecular complexity index is 302. The zero-order chi connectivity index (χ0) is 8.97. The molecule has 1 aromatic heterocycles. The van der Waals surface area contributed by atoms with Gasteiger partial charge in [-0.05, 0) is 22.0 Å². The first-order valence-electron chi connectivity index (χ1n) is 3.10. The van der Waals surface area contributed by atoms with Crippen molar-refractivity contribution in [2.24, 2.45) is 16.2 Å².